The summed E-state index contributed by atoms with van der Waals surface area (Å²) in [5, 5.41) is 0. The first kappa shape index (κ1) is 9.39. The Hall–Kier alpha value is -1.70. The molecular formula is C11H10O2. The second-order valence-electron chi connectivity index (χ2n) is 2.58. The summed E-state index contributed by atoms with van der Waals surface area (Å²) in [6, 6.07) is 9.48. The molecule has 0 saturated heterocycles. The maximum atomic E-state index is 10.9. The average Bonchev–Trinajstić information content (AvgIpc) is 2.17. The predicted octanol–water partition coefficient (Wildman–Crippen LogP) is 1.86. The Bertz CT molecular complexity index is 312. The van der Waals surface area contributed by atoms with Crippen LogP contribution in [0.5, 0.6) is 0 Å². The molecular weight excluding hydrogens is 164 g/mol. The molecule has 0 atom stereocenters. The molecule has 0 fully saturated rings. The van der Waals surface area contributed by atoms with E-state index in [1.165, 1.54) is 6.08 Å². The quantitative estimate of drug-likeness (QED) is 0.396. The van der Waals surface area contributed by atoms with Crippen LogP contribution in [0.4, 0.5) is 0 Å². The maximum Gasteiger partial charge on any atom is 0.162 e. The fraction of sp³-hybridized carbons (Fsp3) is 0.0909. The molecule has 66 valence electrons. The van der Waals surface area contributed by atoms with Gasteiger partial charge in [-0.15, -0.1) is 0 Å². The van der Waals surface area contributed by atoms with E-state index in [1.807, 2.05) is 30.3 Å². The molecule has 2 heteroatoms. The van der Waals surface area contributed by atoms with E-state index in [2.05, 4.69) is 0 Å². The summed E-state index contributed by atoms with van der Waals surface area (Å²) in [6.45, 7) is 0. The van der Waals surface area contributed by atoms with Gasteiger partial charge in [0.1, 0.15) is 6.29 Å². The summed E-state index contributed by atoms with van der Waals surface area (Å²) in [6.07, 6.45) is 3.69. The van der Waals surface area contributed by atoms with E-state index < -0.39 is 0 Å². The minimum Gasteiger partial charge on any atom is -0.303 e. The van der Waals surface area contributed by atoms with Crippen molar-refractivity contribution in [3.63, 3.8) is 0 Å². The Labute approximate surface area is 76.9 Å². The van der Waals surface area contributed by atoms with Crippen LogP contribution in [0.25, 0.3) is 6.08 Å². The molecule has 0 bridgehead atoms. The van der Waals surface area contributed by atoms with Gasteiger partial charge in [0.2, 0.25) is 0 Å². The third-order valence-corrected chi connectivity index (χ3v) is 1.55. The second-order valence-corrected chi connectivity index (χ2v) is 2.58. The summed E-state index contributed by atoms with van der Waals surface area (Å²) in [7, 11) is 0. The fourth-order valence-electron chi connectivity index (χ4n) is 0.903. The van der Waals surface area contributed by atoms with Crippen molar-refractivity contribution in [3.8, 4) is 0 Å². The van der Waals surface area contributed by atoms with E-state index in [4.69, 9.17) is 0 Å². The van der Waals surface area contributed by atoms with Crippen molar-refractivity contribution in [1.29, 1.82) is 0 Å². The van der Waals surface area contributed by atoms with Crippen LogP contribution in [-0.4, -0.2) is 12.1 Å². The number of allylic oxidation sites excluding steroid dienone is 1. The Kier molecular flexibility index (Phi) is 3.64. The first-order valence-corrected chi connectivity index (χ1v) is 4.02. The van der Waals surface area contributed by atoms with Crippen LogP contribution in [0, 0.1) is 0 Å². The summed E-state index contributed by atoms with van der Waals surface area (Å²) >= 11 is 0. The fourth-order valence-corrected chi connectivity index (χ4v) is 0.903. The third kappa shape index (κ3) is 3.47. The average molecular weight is 174 g/mol. The number of hydrogen-bond acceptors (Lipinski definition) is 2. The molecule has 0 spiro atoms. The number of carbonyl (C=O) groups excluding carboxylic acids is 2. The third-order valence-electron chi connectivity index (χ3n) is 1.55. The molecule has 13 heavy (non-hydrogen) atoms. The first-order valence-electron chi connectivity index (χ1n) is 4.02. The molecule has 0 radical (unpaired) electrons. The molecule has 0 aromatic heterocycles. The normalized spacial score (nSPS) is 10.2. The summed E-state index contributed by atoms with van der Waals surface area (Å²) in [4.78, 5) is 20.9. The second kappa shape index (κ2) is 5.04. The monoisotopic (exact) mass is 174 g/mol. The zero-order valence-corrected chi connectivity index (χ0v) is 7.14. The molecule has 1 rings (SSSR count). The van der Waals surface area contributed by atoms with E-state index in [0.29, 0.717) is 6.29 Å². The highest BCUT2D eigenvalue weighted by atomic mass is 16.1. The molecule has 0 aliphatic carbocycles. The van der Waals surface area contributed by atoms with Gasteiger partial charge >= 0.3 is 0 Å². The van der Waals surface area contributed by atoms with Crippen LogP contribution < -0.4 is 0 Å². The number of benzene rings is 1. The van der Waals surface area contributed by atoms with Gasteiger partial charge in [-0.25, -0.2) is 0 Å². The topological polar surface area (TPSA) is 34.1 Å². The predicted molar refractivity (Wildman–Crippen MR) is 51.2 cm³/mol. The number of rotatable bonds is 4. The lowest BCUT2D eigenvalue weighted by Crippen LogP contribution is -1.91. The minimum absolute atomic E-state index is 0.0384. The van der Waals surface area contributed by atoms with Crippen molar-refractivity contribution in [1.82, 2.24) is 0 Å². The minimum atomic E-state index is -0.168. The lowest BCUT2D eigenvalue weighted by atomic mass is 10.2. The molecule has 0 saturated carbocycles. The molecule has 0 heterocycles. The molecule has 0 aliphatic rings. The van der Waals surface area contributed by atoms with Crippen LogP contribution in [0.3, 0.4) is 0 Å². The highest BCUT2D eigenvalue weighted by Gasteiger charge is 1.92. The standard InChI is InChI=1S/C11H10O2/c12-9-8-11(13)7-6-10-4-2-1-3-5-10/h1-7,9H,8H2. The SMILES string of the molecule is O=CCC(=O)C=Cc1ccccc1. The van der Waals surface area contributed by atoms with Crippen LogP contribution >= 0.6 is 0 Å². The van der Waals surface area contributed by atoms with Crippen molar-refractivity contribution in [2.45, 2.75) is 6.42 Å². The maximum absolute atomic E-state index is 10.9. The summed E-state index contributed by atoms with van der Waals surface area (Å²) in [5.74, 6) is -0.168. The lowest BCUT2D eigenvalue weighted by molar-refractivity contribution is -0.118. The zero-order valence-electron chi connectivity index (χ0n) is 7.14. The van der Waals surface area contributed by atoms with Gasteiger partial charge in [0, 0.05) is 0 Å². The largest absolute Gasteiger partial charge is 0.303 e. The summed E-state index contributed by atoms with van der Waals surface area (Å²) in [5.41, 5.74) is 0.960. The van der Waals surface area contributed by atoms with Gasteiger partial charge in [-0.1, -0.05) is 36.4 Å². The number of aldehydes is 1. The Morgan fingerprint density at radius 3 is 2.54 bits per heavy atom. The van der Waals surface area contributed by atoms with Crippen LogP contribution in [0.1, 0.15) is 12.0 Å². The van der Waals surface area contributed by atoms with Gasteiger partial charge in [0.05, 0.1) is 6.42 Å². The molecule has 0 unspecified atom stereocenters. The number of ketones is 1. The van der Waals surface area contributed by atoms with Gasteiger partial charge in [0.25, 0.3) is 0 Å². The van der Waals surface area contributed by atoms with Crippen LogP contribution in [0.15, 0.2) is 36.4 Å². The van der Waals surface area contributed by atoms with E-state index in [0.717, 1.165) is 5.56 Å². The smallest absolute Gasteiger partial charge is 0.162 e. The molecule has 2 nitrogen and oxygen atoms in total. The van der Waals surface area contributed by atoms with Crippen molar-refractivity contribution in [2.24, 2.45) is 0 Å². The van der Waals surface area contributed by atoms with Gasteiger partial charge in [-0.3, -0.25) is 4.79 Å². The molecule has 1 aromatic carbocycles. The van der Waals surface area contributed by atoms with E-state index >= 15 is 0 Å². The van der Waals surface area contributed by atoms with Crippen molar-refractivity contribution < 1.29 is 9.59 Å². The van der Waals surface area contributed by atoms with Gasteiger partial charge < -0.3 is 4.79 Å². The highest BCUT2D eigenvalue weighted by Crippen LogP contribution is 2.00. The van der Waals surface area contributed by atoms with Crippen molar-refractivity contribution in [3.05, 3.63) is 42.0 Å². The first-order chi connectivity index (χ1) is 6.33. The lowest BCUT2D eigenvalue weighted by Gasteiger charge is -1.89. The van der Waals surface area contributed by atoms with E-state index in [1.54, 1.807) is 6.08 Å². The van der Waals surface area contributed by atoms with E-state index in [9.17, 15) is 9.59 Å². The van der Waals surface area contributed by atoms with Gasteiger partial charge in [-0.2, -0.15) is 0 Å². The molecule has 0 aliphatic heterocycles. The Balaban J connectivity index is 2.58. The molecule has 0 N–H and O–H groups in total. The van der Waals surface area contributed by atoms with Crippen molar-refractivity contribution in [2.75, 3.05) is 0 Å². The van der Waals surface area contributed by atoms with Gasteiger partial charge in [0.15, 0.2) is 5.78 Å². The molecule has 1 aromatic rings. The highest BCUT2D eigenvalue weighted by molar-refractivity contribution is 6.00. The zero-order chi connectivity index (χ0) is 9.52. The summed E-state index contributed by atoms with van der Waals surface area (Å²) < 4.78 is 0. The number of carbonyl (C=O) groups is 2. The van der Waals surface area contributed by atoms with Crippen LogP contribution in [-0.2, 0) is 9.59 Å². The van der Waals surface area contributed by atoms with E-state index in [-0.39, 0.29) is 12.2 Å². The van der Waals surface area contributed by atoms with Crippen LogP contribution in [0.2, 0.25) is 0 Å². The van der Waals surface area contributed by atoms with Crippen molar-refractivity contribution >= 4 is 18.1 Å². The van der Waals surface area contributed by atoms with Gasteiger partial charge in [-0.05, 0) is 11.6 Å². The number of hydrogen-bond donors (Lipinski definition) is 0. The molecule has 0 amide bonds. The Morgan fingerprint density at radius 1 is 1.23 bits per heavy atom. The Morgan fingerprint density at radius 2 is 1.92 bits per heavy atom.